The Morgan fingerprint density at radius 2 is 1.55 bits per heavy atom. The molecule has 0 radical (unpaired) electrons. The standard InChI is InChI=1S/C15H24O5/c1-10(17)8-11(2)19-13-6-4-5-7-14(13)20-15(9-16)12(3)18/h4-7,10-12,15-18H,8-9H2,1-3H3/t10-,11-,12-,15-/m0/s1. The Labute approximate surface area is 119 Å². The van der Waals surface area contributed by atoms with Gasteiger partial charge in [-0.3, -0.25) is 0 Å². The smallest absolute Gasteiger partial charge is 0.161 e. The number of aliphatic hydroxyl groups excluding tert-OH is 3. The van der Waals surface area contributed by atoms with E-state index >= 15 is 0 Å². The predicted molar refractivity (Wildman–Crippen MR) is 76.0 cm³/mol. The molecule has 1 aromatic rings. The molecule has 0 aliphatic rings. The number of hydrogen-bond acceptors (Lipinski definition) is 5. The number of benzene rings is 1. The third-order valence-electron chi connectivity index (χ3n) is 2.85. The second-order valence-corrected chi connectivity index (χ2v) is 5.04. The fourth-order valence-corrected chi connectivity index (χ4v) is 1.84. The van der Waals surface area contributed by atoms with Crippen molar-refractivity contribution in [1.29, 1.82) is 0 Å². The monoisotopic (exact) mass is 284 g/mol. The van der Waals surface area contributed by atoms with Crippen LogP contribution in [-0.2, 0) is 0 Å². The lowest BCUT2D eigenvalue weighted by atomic mass is 10.2. The molecule has 0 heterocycles. The van der Waals surface area contributed by atoms with Crippen LogP contribution in [0.3, 0.4) is 0 Å². The van der Waals surface area contributed by atoms with Gasteiger partial charge in [-0.15, -0.1) is 0 Å². The summed E-state index contributed by atoms with van der Waals surface area (Å²) in [5.74, 6) is 0.990. The van der Waals surface area contributed by atoms with Gasteiger partial charge in [0, 0.05) is 6.42 Å². The summed E-state index contributed by atoms with van der Waals surface area (Å²) in [7, 11) is 0. The third-order valence-corrected chi connectivity index (χ3v) is 2.85. The van der Waals surface area contributed by atoms with Crippen LogP contribution in [0.4, 0.5) is 0 Å². The molecule has 0 bridgehead atoms. The van der Waals surface area contributed by atoms with Crippen molar-refractivity contribution in [2.75, 3.05) is 6.61 Å². The summed E-state index contributed by atoms with van der Waals surface area (Å²) in [5, 5.41) is 28.0. The maximum atomic E-state index is 9.51. The molecule has 0 amide bonds. The highest BCUT2D eigenvalue weighted by Gasteiger charge is 2.18. The van der Waals surface area contributed by atoms with Gasteiger partial charge in [0.15, 0.2) is 11.5 Å². The van der Waals surface area contributed by atoms with E-state index in [9.17, 15) is 15.3 Å². The molecule has 20 heavy (non-hydrogen) atoms. The molecule has 5 nitrogen and oxygen atoms in total. The molecule has 5 heteroatoms. The zero-order valence-corrected chi connectivity index (χ0v) is 12.2. The van der Waals surface area contributed by atoms with Crippen LogP contribution in [0.25, 0.3) is 0 Å². The van der Waals surface area contributed by atoms with Crippen LogP contribution in [0.5, 0.6) is 11.5 Å². The number of aliphatic hydroxyl groups is 3. The van der Waals surface area contributed by atoms with Gasteiger partial charge >= 0.3 is 0 Å². The molecular formula is C15H24O5. The van der Waals surface area contributed by atoms with Crippen LogP contribution in [0.1, 0.15) is 27.2 Å². The minimum absolute atomic E-state index is 0.168. The maximum Gasteiger partial charge on any atom is 0.161 e. The van der Waals surface area contributed by atoms with Crippen LogP contribution in [0.15, 0.2) is 24.3 Å². The van der Waals surface area contributed by atoms with Crippen molar-refractivity contribution in [1.82, 2.24) is 0 Å². The van der Waals surface area contributed by atoms with E-state index in [1.54, 1.807) is 32.0 Å². The third kappa shape index (κ3) is 5.36. The SMILES string of the molecule is C[C@H](O)C[C@H](C)Oc1ccccc1O[C@@H](CO)[C@H](C)O. The van der Waals surface area contributed by atoms with Gasteiger partial charge < -0.3 is 24.8 Å². The van der Waals surface area contributed by atoms with Gasteiger partial charge in [0.05, 0.1) is 24.9 Å². The highest BCUT2D eigenvalue weighted by atomic mass is 16.5. The predicted octanol–water partition coefficient (Wildman–Crippen LogP) is 1.35. The summed E-state index contributed by atoms with van der Waals surface area (Å²) in [4.78, 5) is 0. The summed E-state index contributed by atoms with van der Waals surface area (Å²) in [6.07, 6.45) is -1.59. The lowest BCUT2D eigenvalue weighted by molar-refractivity contribution is 0.00933. The van der Waals surface area contributed by atoms with Gasteiger partial charge in [-0.25, -0.2) is 0 Å². The van der Waals surface area contributed by atoms with Crippen LogP contribution < -0.4 is 9.47 Å². The minimum Gasteiger partial charge on any atom is -0.487 e. The molecule has 1 aromatic carbocycles. The van der Waals surface area contributed by atoms with Gasteiger partial charge in [-0.1, -0.05) is 12.1 Å². The molecular weight excluding hydrogens is 260 g/mol. The summed E-state index contributed by atoms with van der Waals surface area (Å²) in [5.41, 5.74) is 0. The number of para-hydroxylation sites is 2. The minimum atomic E-state index is -0.789. The molecule has 0 aliphatic carbocycles. The first-order valence-corrected chi connectivity index (χ1v) is 6.83. The Balaban J connectivity index is 2.77. The second kappa shape index (κ2) is 8.09. The van der Waals surface area contributed by atoms with E-state index < -0.39 is 18.3 Å². The van der Waals surface area contributed by atoms with Gasteiger partial charge in [-0.2, -0.15) is 0 Å². The summed E-state index contributed by atoms with van der Waals surface area (Å²) in [6, 6.07) is 7.07. The first kappa shape index (κ1) is 16.8. The lowest BCUT2D eigenvalue weighted by Gasteiger charge is -2.23. The first-order chi connectivity index (χ1) is 9.43. The first-order valence-electron chi connectivity index (χ1n) is 6.83. The average Bonchev–Trinajstić information content (AvgIpc) is 2.36. The van der Waals surface area contributed by atoms with E-state index in [0.717, 1.165) is 0 Å². The Morgan fingerprint density at radius 1 is 1.00 bits per heavy atom. The lowest BCUT2D eigenvalue weighted by Crippen LogP contribution is -2.33. The average molecular weight is 284 g/mol. The van der Waals surface area contributed by atoms with Gasteiger partial charge in [0.25, 0.3) is 0 Å². The Hall–Kier alpha value is -1.30. The van der Waals surface area contributed by atoms with E-state index in [2.05, 4.69) is 0 Å². The van der Waals surface area contributed by atoms with Crippen molar-refractivity contribution in [3.63, 3.8) is 0 Å². The number of rotatable bonds is 8. The largest absolute Gasteiger partial charge is 0.487 e. The summed E-state index contributed by atoms with van der Waals surface area (Å²) < 4.78 is 11.3. The topological polar surface area (TPSA) is 79.2 Å². The van der Waals surface area contributed by atoms with Crippen molar-refractivity contribution in [2.45, 2.75) is 51.6 Å². The Morgan fingerprint density at radius 3 is 2.00 bits per heavy atom. The molecule has 0 fully saturated rings. The molecule has 0 saturated carbocycles. The van der Waals surface area contributed by atoms with E-state index in [0.29, 0.717) is 17.9 Å². The Kier molecular flexibility index (Phi) is 6.78. The number of hydrogen-bond donors (Lipinski definition) is 3. The Bertz CT molecular complexity index is 392. The van der Waals surface area contributed by atoms with Crippen LogP contribution in [0, 0.1) is 0 Å². The molecule has 0 aromatic heterocycles. The van der Waals surface area contributed by atoms with Crippen molar-refractivity contribution in [3.05, 3.63) is 24.3 Å². The zero-order chi connectivity index (χ0) is 15.1. The van der Waals surface area contributed by atoms with Gasteiger partial charge in [0.2, 0.25) is 0 Å². The molecule has 0 saturated heterocycles. The molecule has 0 spiro atoms. The van der Waals surface area contributed by atoms with E-state index in [1.165, 1.54) is 0 Å². The van der Waals surface area contributed by atoms with Crippen LogP contribution in [0.2, 0.25) is 0 Å². The zero-order valence-electron chi connectivity index (χ0n) is 12.2. The molecule has 1 rings (SSSR count). The highest BCUT2D eigenvalue weighted by molar-refractivity contribution is 5.39. The molecule has 3 N–H and O–H groups in total. The van der Waals surface area contributed by atoms with E-state index in [-0.39, 0.29) is 12.7 Å². The van der Waals surface area contributed by atoms with E-state index in [4.69, 9.17) is 9.47 Å². The van der Waals surface area contributed by atoms with Crippen LogP contribution in [-0.4, -0.2) is 46.3 Å². The summed E-state index contributed by atoms with van der Waals surface area (Å²) in [6.45, 7) is 4.84. The van der Waals surface area contributed by atoms with Crippen LogP contribution >= 0.6 is 0 Å². The molecule has 0 unspecified atom stereocenters. The quantitative estimate of drug-likeness (QED) is 0.671. The number of ether oxygens (including phenoxy) is 2. The maximum absolute atomic E-state index is 9.51. The van der Waals surface area contributed by atoms with Gasteiger partial charge in [-0.05, 0) is 32.9 Å². The second-order valence-electron chi connectivity index (χ2n) is 5.04. The fourth-order valence-electron chi connectivity index (χ4n) is 1.84. The summed E-state index contributed by atoms with van der Waals surface area (Å²) >= 11 is 0. The van der Waals surface area contributed by atoms with Crippen molar-refractivity contribution >= 4 is 0 Å². The van der Waals surface area contributed by atoms with E-state index in [1.807, 2.05) is 13.0 Å². The fraction of sp³-hybridized carbons (Fsp3) is 0.600. The van der Waals surface area contributed by atoms with Gasteiger partial charge in [0.1, 0.15) is 6.10 Å². The molecule has 0 aliphatic heterocycles. The van der Waals surface area contributed by atoms with Crippen molar-refractivity contribution < 1.29 is 24.8 Å². The highest BCUT2D eigenvalue weighted by Crippen LogP contribution is 2.29. The van der Waals surface area contributed by atoms with Crippen molar-refractivity contribution in [2.24, 2.45) is 0 Å². The molecule has 4 atom stereocenters. The molecule has 114 valence electrons. The van der Waals surface area contributed by atoms with Crippen molar-refractivity contribution in [3.8, 4) is 11.5 Å². The normalized spacial score (nSPS) is 17.1.